The Morgan fingerprint density at radius 2 is 0.833 bits per heavy atom. The molecular formula is C6H10N4O8. The summed E-state index contributed by atoms with van der Waals surface area (Å²) < 4.78 is 0. The van der Waals surface area contributed by atoms with Gasteiger partial charge in [0, 0.05) is 0 Å². The topological polar surface area (TPSA) is 173 Å². The zero-order chi connectivity index (χ0) is 14.3. The summed E-state index contributed by atoms with van der Waals surface area (Å²) in [6.45, 7) is 0. The van der Waals surface area contributed by atoms with Gasteiger partial charge in [0.25, 0.3) is 0 Å². The summed E-state index contributed by atoms with van der Waals surface area (Å²) in [5.41, 5.74) is 0. The largest absolute Gasteiger partial charge is 0.450 e. The van der Waals surface area contributed by atoms with Gasteiger partial charge in [-0.1, -0.05) is 0 Å². The second-order valence-corrected chi connectivity index (χ2v) is 3.39. The minimum Gasteiger partial charge on any atom is -0.259 e. The predicted octanol–water partition coefficient (Wildman–Crippen LogP) is 0.306. The summed E-state index contributed by atoms with van der Waals surface area (Å²) in [6, 6.07) is 0. The van der Waals surface area contributed by atoms with Crippen molar-refractivity contribution >= 4 is 0 Å². The molecule has 0 amide bonds. The van der Waals surface area contributed by atoms with Crippen molar-refractivity contribution in [2.75, 3.05) is 0 Å². The molecule has 102 valence electrons. The van der Waals surface area contributed by atoms with E-state index in [-0.39, 0.29) is 12.8 Å². The Hall–Kier alpha value is -2.40. The maximum absolute atomic E-state index is 10.2. The minimum atomic E-state index is -1.98. The summed E-state index contributed by atoms with van der Waals surface area (Å²) >= 11 is 0. The lowest BCUT2D eigenvalue weighted by Gasteiger charge is -2.03. The molecule has 12 nitrogen and oxygen atoms in total. The van der Waals surface area contributed by atoms with Gasteiger partial charge in [-0.05, 0) is 12.8 Å². The number of unbranched alkanes of at least 4 members (excludes halogenated alkanes) is 1. The van der Waals surface area contributed by atoms with E-state index < -0.39 is 44.9 Å². The first-order valence-corrected chi connectivity index (χ1v) is 4.81. The van der Waals surface area contributed by atoms with Crippen molar-refractivity contribution in [3.63, 3.8) is 0 Å². The van der Waals surface area contributed by atoms with E-state index in [9.17, 15) is 40.5 Å². The predicted molar refractivity (Wildman–Crippen MR) is 54.0 cm³/mol. The van der Waals surface area contributed by atoms with Crippen molar-refractivity contribution in [3.8, 4) is 0 Å². The smallest absolute Gasteiger partial charge is 0.259 e. The Labute approximate surface area is 99.2 Å². The summed E-state index contributed by atoms with van der Waals surface area (Å²) in [7, 11) is 0. The second kappa shape index (κ2) is 7.03. The maximum Gasteiger partial charge on any atom is 0.450 e. The van der Waals surface area contributed by atoms with Gasteiger partial charge in [0.05, 0.1) is 32.5 Å². The van der Waals surface area contributed by atoms with Gasteiger partial charge in [-0.3, -0.25) is 40.5 Å². The van der Waals surface area contributed by atoms with Crippen LogP contribution < -0.4 is 0 Å². The van der Waals surface area contributed by atoms with Gasteiger partial charge in [0.2, 0.25) is 0 Å². The SMILES string of the molecule is O=[N+]([O-])C(CCCCC([N+](=O)[O-])[N+](=O)[O-])[N+](=O)[O-]. The lowest BCUT2D eigenvalue weighted by molar-refractivity contribution is -0.745. The van der Waals surface area contributed by atoms with Crippen LogP contribution in [0.4, 0.5) is 0 Å². The van der Waals surface area contributed by atoms with Crippen molar-refractivity contribution in [2.45, 2.75) is 38.0 Å². The molecule has 0 aliphatic rings. The molecule has 12 heteroatoms. The lowest BCUT2D eigenvalue weighted by Crippen LogP contribution is -2.30. The molecule has 0 fully saturated rings. The zero-order valence-corrected chi connectivity index (χ0v) is 9.04. The van der Waals surface area contributed by atoms with E-state index in [0.29, 0.717) is 0 Å². The van der Waals surface area contributed by atoms with Crippen LogP contribution >= 0.6 is 0 Å². The number of hydrogen-bond acceptors (Lipinski definition) is 8. The summed E-state index contributed by atoms with van der Waals surface area (Å²) in [5, 5.41) is 40.9. The molecule has 0 aromatic rings. The third-order valence-electron chi connectivity index (χ3n) is 2.15. The standard InChI is InChI=1S/C6H10N4O8/c11-7(12)5(8(13)14)3-1-2-4-6(9(15)16)10(17)18/h5-6H,1-4H2. The van der Waals surface area contributed by atoms with Crippen LogP contribution in [0.15, 0.2) is 0 Å². The fraction of sp³-hybridized carbons (Fsp3) is 1.00. The van der Waals surface area contributed by atoms with Gasteiger partial charge in [0.1, 0.15) is 0 Å². The first-order valence-electron chi connectivity index (χ1n) is 4.81. The van der Waals surface area contributed by atoms with Crippen LogP contribution in [-0.4, -0.2) is 32.0 Å². The summed E-state index contributed by atoms with van der Waals surface area (Å²) in [6.07, 6.45) is -4.91. The molecule has 18 heavy (non-hydrogen) atoms. The molecule has 0 heterocycles. The van der Waals surface area contributed by atoms with Gasteiger partial charge >= 0.3 is 12.3 Å². The number of rotatable bonds is 9. The van der Waals surface area contributed by atoms with E-state index >= 15 is 0 Å². The highest BCUT2D eigenvalue weighted by Crippen LogP contribution is 2.10. The highest BCUT2D eigenvalue weighted by molar-refractivity contribution is 4.49. The molecule has 0 atom stereocenters. The first kappa shape index (κ1) is 15.6. The first-order chi connectivity index (χ1) is 8.27. The molecule has 0 rings (SSSR count). The van der Waals surface area contributed by atoms with E-state index in [0.717, 1.165) is 0 Å². The highest BCUT2D eigenvalue weighted by Gasteiger charge is 2.34. The second-order valence-electron chi connectivity index (χ2n) is 3.39. The number of nitro groups is 4. The molecule has 0 aromatic carbocycles. The third-order valence-corrected chi connectivity index (χ3v) is 2.15. The Balaban J connectivity index is 4.12. The zero-order valence-electron chi connectivity index (χ0n) is 9.04. The van der Waals surface area contributed by atoms with Crippen LogP contribution in [0.5, 0.6) is 0 Å². The average molecular weight is 266 g/mol. The van der Waals surface area contributed by atoms with E-state index in [2.05, 4.69) is 0 Å². The van der Waals surface area contributed by atoms with Gasteiger partial charge < -0.3 is 0 Å². The molecule has 0 saturated carbocycles. The van der Waals surface area contributed by atoms with Crippen LogP contribution in [-0.2, 0) is 0 Å². The fourth-order valence-corrected chi connectivity index (χ4v) is 1.23. The van der Waals surface area contributed by atoms with Crippen LogP contribution in [0, 0.1) is 40.5 Å². The van der Waals surface area contributed by atoms with Crippen LogP contribution in [0.1, 0.15) is 25.7 Å². The Morgan fingerprint density at radius 1 is 0.611 bits per heavy atom. The van der Waals surface area contributed by atoms with E-state index in [1.54, 1.807) is 0 Å². The van der Waals surface area contributed by atoms with E-state index in [1.165, 1.54) is 0 Å². The maximum atomic E-state index is 10.2. The van der Waals surface area contributed by atoms with Gasteiger partial charge in [-0.25, -0.2) is 0 Å². The van der Waals surface area contributed by atoms with Crippen LogP contribution in [0.3, 0.4) is 0 Å². The third kappa shape index (κ3) is 5.09. The lowest BCUT2D eigenvalue weighted by atomic mass is 10.1. The van der Waals surface area contributed by atoms with Crippen molar-refractivity contribution in [3.05, 3.63) is 40.5 Å². The number of nitrogens with zero attached hydrogens (tertiary/aromatic N) is 4. The van der Waals surface area contributed by atoms with Gasteiger partial charge in [0.15, 0.2) is 0 Å². The van der Waals surface area contributed by atoms with Crippen molar-refractivity contribution in [1.82, 2.24) is 0 Å². The van der Waals surface area contributed by atoms with Crippen molar-refractivity contribution < 1.29 is 19.7 Å². The van der Waals surface area contributed by atoms with E-state index in [4.69, 9.17) is 0 Å². The molecule has 0 unspecified atom stereocenters. The molecule has 0 saturated heterocycles. The van der Waals surface area contributed by atoms with Crippen LogP contribution in [0.2, 0.25) is 0 Å². The Kier molecular flexibility index (Phi) is 6.09. The Bertz CT molecular complexity index is 295. The highest BCUT2D eigenvalue weighted by atomic mass is 16.7. The van der Waals surface area contributed by atoms with Crippen LogP contribution in [0.25, 0.3) is 0 Å². The quantitative estimate of drug-likeness (QED) is 0.248. The molecule has 0 radical (unpaired) electrons. The van der Waals surface area contributed by atoms with E-state index in [1.807, 2.05) is 0 Å². The molecule has 0 spiro atoms. The number of hydrogen-bond donors (Lipinski definition) is 0. The summed E-state index contributed by atoms with van der Waals surface area (Å²) in [5.74, 6) is 0. The minimum absolute atomic E-state index is 0.0647. The summed E-state index contributed by atoms with van der Waals surface area (Å²) in [4.78, 5) is 36.6. The van der Waals surface area contributed by atoms with Crippen molar-refractivity contribution in [2.24, 2.45) is 0 Å². The molecule has 0 aliphatic carbocycles. The molecule has 0 bridgehead atoms. The Morgan fingerprint density at radius 3 is 1.00 bits per heavy atom. The normalized spacial score (nSPS) is 10.6. The molecule has 0 aliphatic heterocycles. The van der Waals surface area contributed by atoms with Crippen molar-refractivity contribution in [1.29, 1.82) is 0 Å². The average Bonchev–Trinajstić information content (AvgIpc) is 2.20. The molecular weight excluding hydrogens is 256 g/mol. The molecule has 0 aromatic heterocycles. The fourth-order valence-electron chi connectivity index (χ4n) is 1.23. The van der Waals surface area contributed by atoms with Gasteiger partial charge in [-0.2, -0.15) is 0 Å². The monoisotopic (exact) mass is 266 g/mol. The molecule has 0 N–H and O–H groups in total. The van der Waals surface area contributed by atoms with Gasteiger partial charge in [-0.15, -0.1) is 0 Å².